The van der Waals surface area contributed by atoms with Crippen molar-refractivity contribution in [3.05, 3.63) is 17.8 Å². The van der Waals surface area contributed by atoms with E-state index in [9.17, 15) is 4.79 Å². The predicted molar refractivity (Wildman–Crippen MR) is 73.1 cm³/mol. The van der Waals surface area contributed by atoms with E-state index in [0.29, 0.717) is 17.5 Å². The van der Waals surface area contributed by atoms with Crippen LogP contribution in [-0.2, 0) is 0 Å². The first-order valence-electron chi connectivity index (χ1n) is 7.04. The fourth-order valence-electron chi connectivity index (χ4n) is 2.48. The maximum absolute atomic E-state index is 12.5. The first-order chi connectivity index (χ1) is 9.09. The van der Waals surface area contributed by atoms with Gasteiger partial charge in [-0.1, -0.05) is 6.42 Å². The number of rotatable bonds is 4. The van der Waals surface area contributed by atoms with Crippen LogP contribution in [0, 0.1) is 6.92 Å². The van der Waals surface area contributed by atoms with Crippen molar-refractivity contribution in [1.82, 2.24) is 15.2 Å². The number of nitrogens with one attached hydrogen (secondary N) is 1. The van der Waals surface area contributed by atoms with Gasteiger partial charge in [0, 0.05) is 18.6 Å². The maximum atomic E-state index is 12.5. The average Bonchev–Trinajstić information content (AvgIpc) is 2.82. The fourth-order valence-corrected chi connectivity index (χ4v) is 2.48. The van der Waals surface area contributed by atoms with Crippen LogP contribution in [0.15, 0.2) is 10.8 Å². The minimum absolute atomic E-state index is 0.0580. The van der Waals surface area contributed by atoms with Gasteiger partial charge in [-0.25, -0.2) is 4.98 Å². The van der Waals surface area contributed by atoms with Crippen LogP contribution >= 0.6 is 0 Å². The third kappa shape index (κ3) is 3.35. The number of carbonyl (C=O) groups is 1. The Morgan fingerprint density at radius 2 is 2.37 bits per heavy atom. The van der Waals surface area contributed by atoms with E-state index in [1.807, 2.05) is 18.7 Å². The molecule has 106 valence electrons. The molecular weight excluding hydrogens is 242 g/mol. The Kier molecular flexibility index (Phi) is 4.58. The van der Waals surface area contributed by atoms with Gasteiger partial charge in [0.15, 0.2) is 6.39 Å². The lowest BCUT2D eigenvalue weighted by molar-refractivity contribution is 0.0643. The summed E-state index contributed by atoms with van der Waals surface area (Å²) < 4.78 is 5.22. The minimum Gasteiger partial charge on any atom is -0.438 e. The van der Waals surface area contributed by atoms with Crippen molar-refractivity contribution >= 4 is 5.91 Å². The molecule has 0 spiro atoms. The van der Waals surface area contributed by atoms with Crippen LogP contribution in [-0.4, -0.2) is 41.0 Å². The molecule has 0 bridgehead atoms. The molecule has 1 fully saturated rings. The standard InChI is InChI=1S/C14H23N3O2/c1-10(2)17(8-12-6-4-5-7-15-12)14(18)13-11(3)16-9-19-13/h9-10,12,15H,4-8H2,1-3H3. The first kappa shape index (κ1) is 14.1. The van der Waals surface area contributed by atoms with Crippen molar-refractivity contribution in [3.63, 3.8) is 0 Å². The SMILES string of the molecule is Cc1ncoc1C(=O)N(CC1CCCCN1)C(C)C. The topological polar surface area (TPSA) is 58.4 Å². The highest BCUT2D eigenvalue weighted by Gasteiger charge is 2.26. The summed E-state index contributed by atoms with van der Waals surface area (Å²) in [7, 11) is 0. The summed E-state index contributed by atoms with van der Waals surface area (Å²) in [5.41, 5.74) is 0.659. The smallest absolute Gasteiger partial charge is 0.291 e. The second-order valence-electron chi connectivity index (χ2n) is 5.46. The molecule has 1 unspecified atom stereocenters. The molecule has 1 atom stereocenters. The fraction of sp³-hybridized carbons (Fsp3) is 0.714. The lowest BCUT2D eigenvalue weighted by Crippen LogP contribution is -2.48. The van der Waals surface area contributed by atoms with Gasteiger partial charge in [-0.3, -0.25) is 4.79 Å². The number of hydrogen-bond donors (Lipinski definition) is 1. The molecule has 2 rings (SSSR count). The second kappa shape index (κ2) is 6.19. The molecule has 2 heterocycles. The molecule has 0 saturated carbocycles. The normalized spacial score (nSPS) is 19.7. The van der Waals surface area contributed by atoms with Crippen LogP contribution in [0.25, 0.3) is 0 Å². The summed E-state index contributed by atoms with van der Waals surface area (Å²) in [5, 5.41) is 3.48. The van der Waals surface area contributed by atoms with Crippen molar-refractivity contribution in [2.24, 2.45) is 0 Å². The molecule has 0 aromatic carbocycles. The van der Waals surface area contributed by atoms with Crippen molar-refractivity contribution in [2.45, 2.75) is 52.1 Å². The van der Waals surface area contributed by atoms with E-state index in [-0.39, 0.29) is 11.9 Å². The van der Waals surface area contributed by atoms with E-state index in [1.165, 1.54) is 19.2 Å². The van der Waals surface area contributed by atoms with Gasteiger partial charge < -0.3 is 14.6 Å². The highest BCUT2D eigenvalue weighted by atomic mass is 16.3. The Labute approximate surface area is 114 Å². The maximum Gasteiger partial charge on any atom is 0.291 e. The van der Waals surface area contributed by atoms with E-state index in [4.69, 9.17) is 4.42 Å². The summed E-state index contributed by atoms with van der Waals surface area (Å²) in [4.78, 5) is 18.4. The number of aromatic nitrogens is 1. The Balaban J connectivity index is 2.07. The summed E-state index contributed by atoms with van der Waals surface area (Å²) in [6.07, 6.45) is 4.93. The zero-order chi connectivity index (χ0) is 13.8. The minimum atomic E-state index is -0.0580. The van der Waals surface area contributed by atoms with Crippen molar-refractivity contribution in [3.8, 4) is 0 Å². The van der Waals surface area contributed by atoms with Crippen LogP contribution in [0.3, 0.4) is 0 Å². The number of aryl methyl sites for hydroxylation is 1. The predicted octanol–water partition coefficient (Wildman–Crippen LogP) is 1.98. The quantitative estimate of drug-likeness (QED) is 0.904. The molecule has 1 amide bonds. The third-order valence-corrected chi connectivity index (χ3v) is 3.65. The number of piperidine rings is 1. The molecule has 1 aromatic heterocycles. The lowest BCUT2D eigenvalue weighted by Gasteiger charge is -2.32. The molecular formula is C14H23N3O2. The molecule has 5 heteroatoms. The molecule has 1 saturated heterocycles. The van der Waals surface area contributed by atoms with E-state index in [2.05, 4.69) is 10.3 Å². The van der Waals surface area contributed by atoms with Crippen LogP contribution in [0.5, 0.6) is 0 Å². The number of nitrogens with zero attached hydrogens (tertiary/aromatic N) is 2. The molecule has 0 aliphatic carbocycles. The van der Waals surface area contributed by atoms with Gasteiger partial charge in [0.25, 0.3) is 5.91 Å². The van der Waals surface area contributed by atoms with Gasteiger partial charge in [0.1, 0.15) is 0 Å². The Hall–Kier alpha value is -1.36. The highest BCUT2D eigenvalue weighted by Crippen LogP contribution is 2.15. The van der Waals surface area contributed by atoms with Crippen LogP contribution < -0.4 is 5.32 Å². The van der Waals surface area contributed by atoms with Crippen LogP contribution in [0.2, 0.25) is 0 Å². The number of carbonyl (C=O) groups excluding carboxylic acids is 1. The van der Waals surface area contributed by atoms with Gasteiger partial charge in [0.05, 0.1) is 5.69 Å². The van der Waals surface area contributed by atoms with Gasteiger partial charge in [-0.2, -0.15) is 0 Å². The Morgan fingerprint density at radius 3 is 2.89 bits per heavy atom. The third-order valence-electron chi connectivity index (χ3n) is 3.65. The summed E-state index contributed by atoms with van der Waals surface area (Å²) in [6.45, 7) is 7.65. The molecule has 1 aromatic rings. The Bertz CT molecular complexity index is 422. The highest BCUT2D eigenvalue weighted by molar-refractivity contribution is 5.92. The lowest BCUT2D eigenvalue weighted by atomic mass is 10.0. The summed E-state index contributed by atoms with van der Waals surface area (Å²) in [5.74, 6) is 0.307. The van der Waals surface area contributed by atoms with Crippen molar-refractivity contribution in [2.75, 3.05) is 13.1 Å². The van der Waals surface area contributed by atoms with Crippen LogP contribution in [0.4, 0.5) is 0 Å². The van der Waals surface area contributed by atoms with Gasteiger partial charge in [-0.05, 0) is 40.2 Å². The first-order valence-corrected chi connectivity index (χ1v) is 7.04. The zero-order valence-corrected chi connectivity index (χ0v) is 12.0. The van der Waals surface area contributed by atoms with Gasteiger partial charge >= 0.3 is 0 Å². The van der Waals surface area contributed by atoms with E-state index in [1.54, 1.807) is 6.92 Å². The summed E-state index contributed by atoms with van der Waals surface area (Å²) >= 11 is 0. The molecule has 1 aliphatic heterocycles. The average molecular weight is 265 g/mol. The van der Waals surface area contributed by atoms with E-state index < -0.39 is 0 Å². The van der Waals surface area contributed by atoms with E-state index in [0.717, 1.165) is 19.5 Å². The van der Waals surface area contributed by atoms with E-state index >= 15 is 0 Å². The number of hydrogen-bond acceptors (Lipinski definition) is 4. The molecule has 19 heavy (non-hydrogen) atoms. The summed E-state index contributed by atoms with van der Waals surface area (Å²) in [6, 6.07) is 0.545. The second-order valence-corrected chi connectivity index (χ2v) is 5.46. The molecule has 1 aliphatic rings. The van der Waals surface area contributed by atoms with Crippen LogP contribution in [0.1, 0.15) is 49.4 Å². The number of amides is 1. The molecule has 1 N–H and O–H groups in total. The largest absolute Gasteiger partial charge is 0.438 e. The molecule has 5 nitrogen and oxygen atoms in total. The zero-order valence-electron chi connectivity index (χ0n) is 12.0. The molecule has 0 radical (unpaired) electrons. The van der Waals surface area contributed by atoms with Gasteiger partial charge in [-0.15, -0.1) is 0 Å². The van der Waals surface area contributed by atoms with Gasteiger partial charge in [0.2, 0.25) is 5.76 Å². The monoisotopic (exact) mass is 265 g/mol. The van der Waals surface area contributed by atoms with Crippen molar-refractivity contribution < 1.29 is 9.21 Å². The van der Waals surface area contributed by atoms with Crippen molar-refractivity contribution in [1.29, 1.82) is 0 Å². The number of oxazole rings is 1. The Morgan fingerprint density at radius 1 is 1.58 bits per heavy atom.